The molecule has 3 heterocycles. The van der Waals surface area contributed by atoms with Gasteiger partial charge in [0, 0.05) is 41.2 Å². The number of aliphatic hydroxyl groups is 1. The summed E-state index contributed by atoms with van der Waals surface area (Å²) in [6.45, 7) is 8.66. The maximum atomic E-state index is 9.40. The van der Waals surface area contributed by atoms with E-state index in [-0.39, 0.29) is 6.61 Å². The fourth-order valence-electron chi connectivity index (χ4n) is 4.26. The molecule has 2 N–H and O–H groups in total. The molecule has 0 unspecified atom stereocenters. The summed E-state index contributed by atoms with van der Waals surface area (Å²) in [6.07, 6.45) is 0. The van der Waals surface area contributed by atoms with Crippen LogP contribution < -0.4 is 14.8 Å². The van der Waals surface area contributed by atoms with Crippen molar-refractivity contribution in [3.05, 3.63) is 52.6 Å². The maximum absolute atomic E-state index is 9.40. The Hall–Kier alpha value is -3.31. The van der Waals surface area contributed by atoms with Crippen LogP contribution in [-0.2, 0) is 17.9 Å². The standard InChI is InChI=1S/C27H31N5O4S/c1-3-35-23-13-20-21(14-24(23)36-4-2)29-25(15-32-8-10-34-11-9-32)31-27(20)28-19-7-5-6-18(12-19)22-17-37-26(16-33)30-22/h5-7,12-14,17,33H,3-4,8-11,15-16H2,1-2H3,(H,28,29,31). The van der Waals surface area contributed by atoms with Crippen LogP contribution in [0.2, 0.25) is 0 Å². The number of fused-ring (bicyclic) bond motifs is 1. The largest absolute Gasteiger partial charge is 0.490 e. The Morgan fingerprint density at radius 2 is 1.81 bits per heavy atom. The number of aliphatic hydroxyl groups excluding tert-OH is 1. The van der Waals surface area contributed by atoms with Crippen LogP contribution in [-0.4, -0.2) is 64.5 Å². The highest BCUT2D eigenvalue weighted by Gasteiger charge is 2.18. The number of hydrogen-bond donors (Lipinski definition) is 2. The van der Waals surface area contributed by atoms with E-state index in [2.05, 4.69) is 15.2 Å². The molecule has 9 nitrogen and oxygen atoms in total. The lowest BCUT2D eigenvalue weighted by Gasteiger charge is -2.26. The minimum atomic E-state index is -0.0622. The SMILES string of the molecule is CCOc1cc2nc(CN3CCOCC3)nc(Nc3cccc(-c4csc(CO)n4)c3)c2cc1OCC. The van der Waals surface area contributed by atoms with Crippen molar-refractivity contribution in [2.24, 2.45) is 0 Å². The van der Waals surface area contributed by atoms with Gasteiger partial charge in [0.05, 0.1) is 50.8 Å². The molecule has 0 aliphatic carbocycles. The van der Waals surface area contributed by atoms with Gasteiger partial charge in [0.25, 0.3) is 0 Å². The molecule has 0 saturated carbocycles. The molecule has 37 heavy (non-hydrogen) atoms. The maximum Gasteiger partial charge on any atom is 0.163 e. The summed E-state index contributed by atoms with van der Waals surface area (Å²) in [7, 11) is 0. The highest BCUT2D eigenvalue weighted by molar-refractivity contribution is 7.09. The Bertz CT molecular complexity index is 1360. The van der Waals surface area contributed by atoms with E-state index in [1.807, 2.05) is 55.6 Å². The second kappa shape index (κ2) is 11.8. The number of rotatable bonds is 10. The van der Waals surface area contributed by atoms with E-state index >= 15 is 0 Å². The molecule has 10 heteroatoms. The van der Waals surface area contributed by atoms with Crippen molar-refractivity contribution in [3.63, 3.8) is 0 Å². The topological polar surface area (TPSA) is 102 Å². The van der Waals surface area contributed by atoms with Gasteiger partial charge >= 0.3 is 0 Å². The second-order valence-corrected chi connectivity index (χ2v) is 9.49. The zero-order chi connectivity index (χ0) is 25.6. The summed E-state index contributed by atoms with van der Waals surface area (Å²) >= 11 is 1.44. The lowest BCUT2D eigenvalue weighted by molar-refractivity contribution is 0.0331. The number of benzene rings is 2. The minimum Gasteiger partial charge on any atom is -0.490 e. The molecule has 0 radical (unpaired) electrons. The van der Waals surface area contributed by atoms with Crippen LogP contribution in [0.1, 0.15) is 24.7 Å². The van der Waals surface area contributed by atoms with Gasteiger partial charge in [0.2, 0.25) is 0 Å². The van der Waals surface area contributed by atoms with Gasteiger partial charge < -0.3 is 24.6 Å². The highest BCUT2D eigenvalue weighted by atomic mass is 32.1. The van der Waals surface area contributed by atoms with Gasteiger partial charge in [-0.3, -0.25) is 4.90 Å². The number of ether oxygens (including phenoxy) is 3. The Kier molecular flexibility index (Phi) is 8.10. The summed E-state index contributed by atoms with van der Waals surface area (Å²) in [5.74, 6) is 2.76. The summed E-state index contributed by atoms with van der Waals surface area (Å²) < 4.78 is 17.3. The average Bonchev–Trinajstić information content (AvgIpc) is 3.40. The third-order valence-corrected chi connectivity index (χ3v) is 6.82. The molecule has 0 spiro atoms. The molecule has 1 fully saturated rings. The van der Waals surface area contributed by atoms with Gasteiger partial charge in [0.1, 0.15) is 16.6 Å². The Morgan fingerprint density at radius 3 is 2.54 bits per heavy atom. The lowest BCUT2D eigenvalue weighted by atomic mass is 10.1. The highest BCUT2D eigenvalue weighted by Crippen LogP contribution is 2.36. The summed E-state index contributed by atoms with van der Waals surface area (Å²) in [5.41, 5.74) is 3.45. The third kappa shape index (κ3) is 5.99. The van der Waals surface area contributed by atoms with E-state index in [4.69, 9.17) is 24.2 Å². The quantitative estimate of drug-likeness (QED) is 0.309. The number of anilines is 2. The predicted octanol–water partition coefficient (Wildman–Crippen LogP) is 4.62. The van der Waals surface area contributed by atoms with Crippen LogP contribution >= 0.6 is 11.3 Å². The van der Waals surface area contributed by atoms with Crippen LogP contribution in [0.3, 0.4) is 0 Å². The zero-order valence-electron chi connectivity index (χ0n) is 21.1. The van der Waals surface area contributed by atoms with Crippen molar-refractivity contribution >= 4 is 33.7 Å². The molecule has 2 aromatic heterocycles. The van der Waals surface area contributed by atoms with E-state index in [1.54, 1.807) is 0 Å². The van der Waals surface area contributed by atoms with Crippen LogP contribution in [0.15, 0.2) is 41.8 Å². The Morgan fingerprint density at radius 1 is 1.03 bits per heavy atom. The smallest absolute Gasteiger partial charge is 0.163 e. The molecular weight excluding hydrogens is 490 g/mol. The first-order valence-corrected chi connectivity index (χ1v) is 13.4. The monoisotopic (exact) mass is 521 g/mol. The number of hydrogen-bond acceptors (Lipinski definition) is 10. The summed E-state index contributed by atoms with van der Waals surface area (Å²) in [4.78, 5) is 16.6. The van der Waals surface area contributed by atoms with Gasteiger partial charge in [-0.05, 0) is 32.0 Å². The molecule has 1 aliphatic heterocycles. The fraction of sp³-hybridized carbons (Fsp3) is 0.370. The first-order chi connectivity index (χ1) is 18.2. The van der Waals surface area contributed by atoms with Crippen molar-refractivity contribution in [3.8, 4) is 22.8 Å². The van der Waals surface area contributed by atoms with E-state index in [9.17, 15) is 5.11 Å². The summed E-state index contributed by atoms with van der Waals surface area (Å²) in [5, 5.41) is 16.4. The van der Waals surface area contributed by atoms with Crippen molar-refractivity contribution in [2.75, 3.05) is 44.8 Å². The molecule has 1 aliphatic rings. The number of morpholine rings is 1. The third-order valence-electron chi connectivity index (χ3n) is 5.98. The van der Waals surface area contributed by atoms with E-state index in [0.29, 0.717) is 55.3 Å². The molecule has 2 aromatic carbocycles. The van der Waals surface area contributed by atoms with Crippen molar-refractivity contribution < 1.29 is 19.3 Å². The molecule has 0 atom stereocenters. The van der Waals surface area contributed by atoms with Crippen molar-refractivity contribution in [1.82, 2.24) is 19.9 Å². The Balaban J connectivity index is 1.54. The van der Waals surface area contributed by atoms with Crippen LogP contribution in [0.5, 0.6) is 11.5 Å². The zero-order valence-corrected chi connectivity index (χ0v) is 21.9. The molecule has 5 rings (SSSR count). The Labute approximate surface area is 220 Å². The molecule has 0 amide bonds. The molecule has 1 saturated heterocycles. The van der Waals surface area contributed by atoms with Crippen LogP contribution in [0.4, 0.5) is 11.5 Å². The first kappa shape index (κ1) is 25.3. The van der Waals surface area contributed by atoms with Gasteiger partial charge in [-0.2, -0.15) is 0 Å². The molecule has 0 bridgehead atoms. The number of nitrogens with zero attached hydrogens (tertiary/aromatic N) is 4. The van der Waals surface area contributed by atoms with Gasteiger partial charge in [-0.15, -0.1) is 11.3 Å². The van der Waals surface area contributed by atoms with Gasteiger partial charge in [-0.25, -0.2) is 15.0 Å². The lowest BCUT2D eigenvalue weighted by Crippen LogP contribution is -2.36. The van der Waals surface area contributed by atoms with Gasteiger partial charge in [0.15, 0.2) is 11.5 Å². The normalized spacial score (nSPS) is 14.1. The van der Waals surface area contributed by atoms with Crippen LogP contribution in [0.25, 0.3) is 22.2 Å². The number of thiazole rings is 1. The fourth-order valence-corrected chi connectivity index (χ4v) is 4.92. The average molecular weight is 522 g/mol. The summed E-state index contributed by atoms with van der Waals surface area (Å²) in [6, 6.07) is 11.9. The second-order valence-electron chi connectivity index (χ2n) is 8.55. The minimum absolute atomic E-state index is 0.0622. The van der Waals surface area contributed by atoms with E-state index in [0.717, 1.165) is 46.8 Å². The number of aromatic nitrogens is 3. The van der Waals surface area contributed by atoms with Crippen LogP contribution in [0, 0.1) is 0 Å². The predicted molar refractivity (Wildman–Crippen MR) is 145 cm³/mol. The molecule has 4 aromatic rings. The molecular formula is C27H31N5O4S. The van der Waals surface area contributed by atoms with E-state index < -0.39 is 0 Å². The van der Waals surface area contributed by atoms with Crippen molar-refractivity contribution in [1.29, 1.82) is 0 Å². The number of nitrogens with one attached hydrogen (secondary N) is 1. The van der Waals surface area contributed by atoms with E-state index in [1.165, 1.54) is 11.3 Å². The molecule has 194 valence electrons. The van der Waals surface area contributed by atoms with Gasteiger partial charge in [-0.1, -0.05) is 12.1 Å². The first-order valence-electron chi connectivity index (χ1n) is 12.5. The van der Waals surface area contributed by atoms with Crippen molar-refractivity contribution in [2.45, 2.75) is 27.0 Å².